The van der Waals surface area contributed by atoms with Crippen LogP contribution < -0.4 is 10.5 Å². The van der Waals surface area contributed by atoms with Gasteiger partial charge >= 0.3 is 0 Å². The largest absolute Gasteiger partial charge is 0.497 e. The van der Waals surface area contributed by atoms with E-state index in [0.717, 1.165) is 18.6 Å². The standard InChI is InChI=1S/C18H23NO3/c1-20-15-7-8-17-13(10-15)4-2-5-16(17)14-11-21-18(22-12-14)6-3-9-19/h2,4-5,7-8,10,14,18H,3,6,9,11-12,19H2,1H3. The van der Waals surface area contributed by atoms with E-state index in [-0.39, 0.29) is 12.2 Å². The van der Waals surface area contributed by atoms with Gasteiger partial charge in [-0.25, -0.2) is 0 Å². The van der Waals surface area contributed by atoms with Crippen molar-refractivity contribution in [3.05, 3.63) is 42.0 Å². The third-order valence-electron chi connectivity index (χ3n) is 4.17. The molecule has 0 aliphatic carbocycles. The summed E-state index contributed by atoms with van der Waals surface area (Å²) < 4.78 is 17.0. The summed E-state index contributed by atoms with van der Waals surface area (Å²) in [5, 5.41) is 2.42. The zero-order chi connectivity index (χ0) is 15.4. The summed E-state index contributed by atoms with van der Waals surface area (Å²) in [6.45, 7) is 2.07. The van der Waals surface area contributed by atoms with Crippen molar-refractivity contribution in [2.45, 2.75) is 25.0 Å². The molecule has 1 saturated heterocycles. The molecule has 0 unspecified atom stereocenters. The lowest BCUT2D eigenvalue weighted by Gasteiger charge is -2.30. The number of rotatable bonds is 5. The third kappa shape index (κ3) is 3.24. The molecule has 2 N–H and O–H groups in total. The molecule has 3 rings (SSSR count). The first-order valence-corrected chi connectivity index (χ1v) is 7.81. The van der Waals surface area contributed by atoms with Crippen LogP contribution in [0.4, 0.5) is 0 Å². The molecule has 0 atom stereocenters. The van der Waals surface area contributed by atoms with Gasteiger partial charge in [-0.05, 0) is 47.9 Å². The first-order chi connectivity index (χ1) is 10.8. The van der Waals surface area contributed by atoms with E-state index in [1.54, 1.807) is 7.11 Å². The number of methoxy groups -OCH3 is 1. The molecule has 118 valence electrons. The second-order valence-electron chi connectivity index (χ2n) is 5.66. The topological polar surface area (TPSA) is 53.7 Å². The molecule has 4 heteroatoms. The Hall–Kier alpha value is -1.62. The minimum Gasteiger partial charge on any atom is -0.497 e. The minimum absolute atomic E-state index is 0.102. The fourth-order valence-electron chi connectivity index (χ4n) is 2.94. The summed E-state index contributed by atoms with van der Waals surface area (Å²) in [5.41, 5.74) is 6.80. The predicted octanol–water partition coefficient (Wildman–Crippen LogP) is 3.04. The molecular weight excluding hydrogens is 278 g/mol. The van der Waals surface area contributed by atoms with Gasteiger partial charge in [-0.1, -0.05) is 24.3 Å². The zero-order valence-electron chi connectivity index (χ0n) is 13.0. The Kier molecular flexibility index (Phi) is 4.93. The van der Waals surface area contributed by atoms with Crippen LogP contribution in [0.1, 0.15) is 24.3 Å². The second-order valence-corrected chi connectivity index (χ2v) is 5.66. The van der Waals surface area contributed by atoms with E-state index in [1.165, 1.54) is 16.3 Å². The van der Waals surface area contributed by atoms with Gasteiger partial charge in [0.2, 0.25) is 0 Å². The summed E-state index contributed by atoms with van der Waals surface area (Å²) in [4.78, 5) is 0. The van der Waals surface area contributed by atoms with E-state index in [4.69, 9.17) is 19.9 Å². The lowest BCUT2D eigenvalue weighted by molar-refractivity contribution is -0.189. The average molecular weight is 301 g/mol. The Bertz CT molecular complexity index is 621. The fourth-order valence-corrected chi connectivity index (χ4v) is 2.94. The summed E-state index contributed by atoms with van der Waals surface area (Å²) >= 11 is 0. The number of nitrogens with two attached hydrogens (primary N) is 1. The van der Waals surface area contributed by atoms with Crippen molar-refractivity contribution < 1.29 is 14.2 Å². The highest BCUT2D eigenvalue weighted by atomic mass is 16.7. The van der Waals surface area contributed by atoms with E-state index in [0.29, 0.717) is 19.8 Å². The van der Waals surface area contributed by atoms with Crippen molar-refractivity contribution in [2.75, 3.05) is 26.9 Å². The lowest BCUT2D eigenvalue weighted by atomic mass is 9.94. The maximum Gasteiger partial charge on any atom is 0.157 e. The van der Waals surface area contributed by atoms with Crippen molar-refractivity contribution in [3.8, 4) is 5.75 Å². The molecule has 1 aliphatic rings. The van der Waals surface area contributed by atoms with Gasteiger partial charge in [-0.15, -0.1) is 0 Å². The molecule has 0 spiro atoms. The second kappa shape index (κ2) is 7.09. The normalized spacial score (nSPS) is 21.9. The first kappa shape index (κ1) is 15.3. The highest BCUT2D eigenvalue weighted by Crippen LogP contribution is 2.31. The van der Waals surface area contributed by atoms with Gasteiger partial charge in [-0.3, -0.25) is 0 Å². The van der Waals surface area contributed by atoms with Crippen molar-refractivity contribution in [2.24, 2.45) is 5.73 Å². The maximum atomic E-state index is 5.84. The third-order valence-corrected chi connectivity index (χ3v) is 4.17. The van der Waals surface area contributed by atoms with E-state index < -0.39 is 0 Å². The van der Waals surface area contributed by atoms with Crippen LogP contribution >= 0.6 is 0 Å². The Balaban J connectivity index is 1.77. The molecule has 22 heavy (non-hydrogen) atoms. The van der Waals surface area contributed by atoms with Crippen LogP contribution in [-0.4, -0.2) is 33.2 Å². The van der Waals surface area contributed by atoms with Crippen molar-refractivity contribution in [1.82, 2.24) is 0 Å². The molecular formula is C18H23NO3. The molecule has 0 radical (unpaired) electrons. The summed E-state index contributed by atoms with van der Waals surface area (Å²) in [6.07, 6.45) is 1.70. The molecule has 0 amide bonds. The van der Waals surface area contributed by atoms with Gasteiger partial charge in [-0.2, -0.15) is 0 Å². The van der Waals surface area contributed by atoms with Crippen LogP contribution in [0.25, 0.3) is 10.8 Å². The van der Waals surface area contributed by atoms with Gasteiger partial charge in [0.05, 0.1) is 20.3 Å². The van der Waals surface area contributed by atoms with Crippen LogP contribution in [0.5, 0.6) is 5.75 Å². The van der Waals surface area contributed by atoms with Gasteiger partial charge < -0.3 is 19.9 Å². The number of hydrogen-bond acceptors (Lipinski definition) is 4. The maximum absolute atomic E-state index is 5.84. The Morgan fingerprint density at radius 2 is 2.00 bits per heavy atom. The lowest BCUT2D eigenvalue weighted by Crippen LogP contribution is -2.31. The number of hydrogen-bond donors (Lipinski definition) is 1. The molecule has 0 bridgehead atoms. The summed E-state index contributed by atoms with van der Waals surface area (Å²) in [6, 6.07) is 12.5. The molecule has 0 aromatic heterocycles. The monoisotopic (exact) mass is 301 g/mol. The SMILES string of the molecule is COc1ccc2c(C3COC(CCCN)OC3)cccc2c1. The van der Waals surface area contributed by atoms with Crippen LogP contribution in [0, 0.1) is 0 Å². The average Bonchev–Trinajstić information content (AvgIpc) is 2.59. The van der Waals surface area contributed by atoms with Crippen LogP contribution in [0.3, 0.4) is 0 Å². The fraction of sp³-hybridized carbons (Fsp3) is 0.444. The number of benzene rings is 2. The van der Waals surface area contributed by atoms with Crippen molar-refractivity contribution >= 4 is 10.8 Å². The van der Waals surface area contributed by atoms with E-state index in [1.807, 2.05) is 6.07 Å². The zero-order valence-corrected chi connectivity index (χ0v) is 13.0. The Labute approximate surface area is 131 Å². The van der Waals surface area contributed by atoms with Crippen molar-refractivity contribution in [1.29, 1.82) is 0 Å². The first-order valence-electron chi connectivity index (χ1n) is 7.81. The number of ether oxygens (including phenoxy) is 3. The summed E-state index contributed by atoms with van der Waals surface area (Å²) in [7, 11) is 1.69. The molecule has 4 nitrogen and oxygen atoms in total. The molecule has 0 saturated carbocycles. The van der Waals surface area contributed by atoms with Crippen LogP contribution in [0.2, 0.25) is 0 Å². The van der Waals surface area contributed by atoms with Crippen molar-refractivity contribution in [3.63, 3.8) is 0 Å². The quantitative estimate of drug-likeness (QED) is 0.922. The highest BCUT2D eigenvalue weighted by molar-refractivity contribution is 5.87. The van der Waals surface area contributed by atoms with Gasteiger partial charge in [0.15, 0.2) is 6.29 Å². The minimum atomic E-state index is -0.102. The van der Waals surface area contributed by atoms with Crippen LogP contribution in [0.15, 0.2) is 36.4 Å². The van der Waals surface area contributed by atoms with Gasteiger partial charge in [0, 0.05) is 5.92 Å². The Morgan fingerprint density at radius 3 is 2.73 bits per heavy atom. The van der Waals surface area contributed by atoms with Gasteiger partial charge in [0.1, 0.15) is 5.75 Å². The highest BCUT2D eigenvalue weighted by Gasteiger charge is 2.24. The molecule has 1 aliphatic heterocycles. The predicted molar refractivity (Wildman–Crippen MR) is 87.2 cm³/mol. The molecule has 1 fully saturated rings. The van der Waals surface area contributed by atoms with E-state index in [9.17, 15) is 0 Å². The molecule has 2 aromatic carbocycles. The number of fused-ring (bicyclic) bond motifs is 1. The van der Waals surface area contributed by atoms with E-state index >= 15 is 0 Å². The smallest absolute Gasteiger partial charge is 0.157 e. The molecule has 2 aromatic rings. The summed E-state index contributed by atoms with van der Waals surface area (Å²) in [5.74, 6) is 1.15. The van der Waals surface area contributed by atoms with Gasteiger partial charge in [0.25, 0.3) is 0 Å². The van der Waals surface area contributed by atoms with Crippen LogP contribution in [-0.2, 0) is 9.47 Å². The Morgan fingerprint density at radius 1 is 1.18 bits per heavy atom. The van der Waals surface area contributed by atoms with E-state index in [2.05, 4.69) is 30.3 Å². The molecule has 1 heterocycles.